The third-order valence-electron chi connectivity index (χ3n) is 10.2. The number of nitrogens with zero attached hydrogens (tertiary/aromatic N) is 4. The zero-order chi connectivity index (χ0) is 47.7. The van der Waals surface area contributed by atoms with Gasteiger partial charge in [0.15, 0.2) is 5.96 Å². The summed E-state index contributed by atoms with van der Waals surface area (Å²) in [6.45, 7) is 2.13. The van der Waals surface area contributed by atoms with Gasteiger partial charge >= 0.3 is 0 Å². The normalized spacial score (nSPS) is 11.7. The average molecular weight is 904 g/mol. The summed E-state index contributed by atoms with van der Waals surface area (Å²) in [5.41, 5.74) is 24.2. The number of unbranched alkanes of at least 4 members (excludes halogenated alkanes) is 2. The molecule has 0 spiro atoms. The number of aromatic nitrogens is 1. The quantitative estimate of drug-likeness (QED) is 0.0224. The van der Waals surface area contributed by atoms with Crippen LogP contribution >= 0.6 is 0 Å². The molecule has 3 aromatic rings. The Morgan fingerprint density at radius 2 is 1.40 bits per heavy atom. The minimum Gasteiger partial charge on any atom is -0.370 e. The molecule has 1 aromatic heterocycles. The van der Waals surface area contributed by atoms with Crippen molar-refractivity contribution in [1.29, 1.82) is 0 Å². The van der Waals surface area contributed by atoms with Gasteiger partial charge in [0.05, 0.1) is 32.7 Å². The summed E-state index contributed by atoms with van der Waals surface area (Å²) >= 11 is 0. The van der Waals surface area contributed by atoms with Crippen LogP contribution in [0.3, 0.4) is 0 Å². The van der Waals surface area contributed by atoms with Crippen molar-refractivity contribution in [3.05, 3.63) is 71.9 Å². The number of amides is 8. The molecule has 1 heterocycles. The van der Waals surface area contributed by atoms with Gasteiger partial charge in [-0.3, -0.25) is 43.3 Å². The SMILES string of the molecule is CCCCN(CC(=O)NCC(=O)N(CCCCN)CC(=O)N(CC(=O)N[C@@H](CCCN=C(N)N)C(=O)N[C@@H](Cc1c[nH]c2ccccc12)C(=O)NCC(N)=O)Cc1ccccc1)C(C)=O. The lowest BCUT2D eigenvalue weighted by molar-refractivity contribution is -0.143. The molecule has 354 valence electrons. The van der Waals surface area contributed by atoms with E-state index in [2.05, 4.69) is 31.2 Å². The fourth-order valence-corrected chi connectivity index (χ4v) is 6.74. The van der Waals surface area contributed by atoms with E-state index in [0.29, 0.717) is 43.5 Å². The van der Waals surface area contributed by atoms with Crippen LogP contribution in [0.5, 0.6) is 0 Å². The van der Waals surface area contributed by atoms with E-state index in [-0.39, 0.29) is 57.3 Å². The second-order valence-electron chi connectivity index (χ2n) is 15.5. The molecular weight excluding hydrogens is 839 g/mol. The van der Waals surface area contributed by atoms with Crippen LogP contribution in [0.1, 0.15) is 63.5 Å². The minimum atomic E-state index is -1.25. The molecule has 65 heavy (non-hydrogen) atoms. The predicted octanol–water partition coefficient (Wildman–Crippen LogP) is -1.30. The molecule has 2 atom stereocenters. The first-order valence-electron chi connectivity index (χ1n) is 21.7. The number of para-hydroxylation sites is 1. The van der Waals surface area contributed by atoms with Crippen molar-refractivity contribution < 1.29 is 38.4 Å². The Bertz CT molecular complexity index is 2090. The predicted molar refractivity (Wildman–Crippen MR) is 245 cm³/mol. The van der Waals surface area contributed by atoms with Crippen molar-refractivity contribution >= 4 is 64.1 Å². The van der Waals surface area contributed by atoms with Gasteiger partial charge in [-0.1, -0.05) is 61.9 Å². The lowest BCUT2D eigenvalue weighted by Crippen LogP contribution is -2.56. The van der Waals surface area contributed by atoms with E-state index in [1.54, 1.807) is 36.5 Å². The molecule has 0 saturated carbocycles. The molecule has 0 saturated heterocycles. The number of rotatable bonds is 29. The Balaban J connectivity index is 1.85. The number of carbonyl (C=O) groups is 8. The molecule has 0 unspecified atom stereocenters. The molecule has 0 aliphatic carbocycles. The molecule has 21 heteroatoms. The van der Waals surface area contributed by atoms with Crippen LogP contribution in [-0.4, -0.2) is 144 Å². The number of primary amides is 1. The van der Waals surface area contributed by atoms with Gasteiger partial charge in [0, 0.05) is 56.6 Å². The summed E-state index contributed by atoms with van der Waals surface area (Å²) in [6.07, 6.45) is 4.49. The highest BCUT2D eigenvalue weighted by Gasteiger charge is 2.30. The van der Waals surface area contributed by atoms with Gasteiger partial charge in [0.2, 0.25) is 47.3 Å². The molecule has 0 aliphatic rings. The fourth-order valence-electron chi connectivity index (χ4n) is 6.74. The Morgan fingerprint density at radius 3 is 2.08 bits per heavy atom. The first kappa shape index (κ1) is 52.3. The molecule has 3 rings (SSSR count). The number of guanidine groups is 1. The maximum absolute atomic E-state index is 14.2. The Kier molecular flexibility index (Phi) is 22.5. The van der Waals surface area contributed by atoms with Gasteiger partial charge in [0.1, 0.15) is 12.1 Å². The number of H-pyrrole nitrogens is 1. The van der Waals surface area contributed by atoms with Crippen LogP contribution in [0.4, 0.5) is 0 Å². The second-order valence-corrected chi connectivity index (χ2v) is 15.5. The first-order valence-corrected chi connectivity index (χ1v) is 21.7. The minimum absolute atomic E-state index is 0.00830. The highest BCUT2D eigenvalue weighted by molar-refractivity contribution is 5.95. The van der Waals surface area contributed by atoms with Gasteiger partial charge < -0.3 is 63.9 Å². The number of hydrogen-bond donors (Lipinski definition) is 9. The smallest absolute Gasteiger partial charge is 0.243 e. The molecule has 13 N–H and O–H groups in total. The number of hydrogen-bond acceptors (Lipinski definition) is 10. The summed E-state index contributed by atoms with van der Waals surface area (Å²) in [4.78, 5) is 117. The highest BCUT2D eigenvalue weighted by atomic mass is 16.2. The van der Waals surface area contributed by atoms with E-state index in [1.807, 2.05) is 31.2 Å². The lowest BCUT2D eigenvalue weighted by atomic mass is 10.0. The van der Waals surface area contributed by atoms with Gasteiger partial charge in [-0.2, -0.15) is 0 Å². The van der Waals surface area contributed by atoms with Crippen molar-refractivity contribution in [3.8, 4) is 0 Å². The second kappa shape index (κ2) is 27.9. The summed E-state index contributed by atoms with van der Waals surface area (Å²) in [5, 5.41) is 11.2. The van der Waals surface area contributed by atoms with Crippen LogP contribution in [0.25, 0.3) is 10.9 Å². The topological polar surface area (TPSA) is 327 Å². The molecule has 8 amide bonds. The maximum Gasteiger partial charge on any atom is 0.243 e. The van der Waals surface area contributed by atoms with Crippen LogP contribution in [-0.2, 0) is 51.3 Å². The molecule has 2 aromatic carbocycles. The van der Waals surface area contributed by atoms with Gasteiger partial charge in [-0.05, 0) is 55.8 Å². The Hall–Kier alpha value is -7.03. The number of aliphatic imine (C=N–C) groups is 1. The largest absolute Gasteiger partial charge is 0.370 e. The summed E-state index contributed by atoms with van der Waals surface area (Å²) in [7, 11) is 0. The van der Waals surface area contributed by atoms with Crippen molar-refractivity contribution in [2.24, 2.45) is 27.9 Å². The molecular formula is C44H65N13O8. The number of fused-ring (bicyclic) bond motifs is 1. The van der Waals surface area contributed by atoms with E-state index in [0.717, 1.165) is 17.3 Å². The van der Waals surface area contributed by atoms with Crippen LogP contribution in [0.2, 0.25) is 0 Å². The van der Waals surface area contributed by atoms with Crippen molar-refractivity contribution in [3.63, 3.8) is 0 Å². The number of nitrogens with two attached hydrogens (primary N) is 4. The molecule has 21 nitrogen and oxygen atoms in total. The summed E-state index contributed by atoms with van der Waals surface area (Å²) < 4.78 is 0. The van der Waals surface area contributed by atoms with E-state index in [4.69, 9.17) is 22.9 Å². The van der Waals surface area contributed by atoms with Crippen LogP contribution in [0.15, 0.2) is 65.8 Å². The number of benzene rings is 2. The van der Waals surface area contributed by atoms with Crippen molar-refractivity contribution in [1.82, 2.24) is 41.0 Å². The molecule has 0 bridgehead atoms. The van der Waals surface area contributed by atoms with E-state index < -0.39 is 79.6 Å². The number of nitrogens with one attached hydrogen (secondary N) is 5. The van der Waals surface area contributed by atoms with Gasteiger partial charge in [-0.15, -0.1) is 0 Å². The zero-order valence-electron chi connectivity index (χ0n) is 37.3. The zero-order valence-corrected chi connectivity index (χ0v) is 37.3. The standard InChI is InChI=1S/C44H65N13O8/c1-3-4-20-55(30(2)58)27-38(60)51-25-40(62)56(21-11-10-18-45)29-41(63)57(26-31-13-6-5-7-14-31)28-39(61)53-35(17-12-19-49-44(47)48)43(65)54-36(42(64)52-24-37(46)59)22-32-23-50-34-16-9-8-15-33(32)34/h5-9,13-16,23,35-36,50H,3-4,10-12,17-22,24-29,45H2,1-2H3,(H2,46,59)(H,51,60)(H,52,64)(H,53,61)(H,54,65)(H4,47,48,49)/t35-,36-/m0/s1. The Labute approximate surface area is 378 Å². The third kappa shape index (κ3) is 19.1. The van der Waals surface area contributed by atoms with E-state index in [9.17, 15) is 38.4 Å². The molecule has 0 radical (unpaired) electrons. The number of carbonyl (C=O) groups excluding carboxylic acids is 8. The third-order valence-corrected chi connectivity index (χ3v) is 10.2. The summed E-state index contributed by atoms with van der Waals surface area (Å²) in [6, 6.07) is 13.8. The maximum atomic E-state index is 14.2. The van der Waals surface area contributed by atoms with E-state index in [1.165, 1.54) is 21.6 Å². The van der Waals surface area contributed by atoms with E-state index >= 15 is 0 Å². The first-order chi connectivity index (χ1) is 31.1. The van der Waals surface area contributed by atoms with Gasteiger partial charge in [-0.25, -0.2) is 0 Å². The summed E-state index contributed by atoms with van der Waals surface area (Å²) in [5.74, 6) is -5.09. The van der Waals surface area contributed by atoms with Crippen molar-refractivity contribution in [2.75, 3.05) is 58.9 Å². The number of aromatic amines is 1. The Morgan fingerprint density at radius 1 is 0.708 bits per heavy atom. The lowest BCUT2D eigenvalue weighted by Gasteiger charge is -2.29. The van der Waals surface area contributed by atoms with Gasteiger partial charge in [0.25, 0.3) is 0 Å². The molecule has 0 aliphatic heterocycles. The highest BCUT2D eigenvalue weighted by Crippen LogP contribution is 2.19. The van der Waals surface area contributed by atoms with Crippen molar-refractivity contribution in [2.45, 2.75) is 77.4 Å². The fraction of sp³-hybridized carbons (Fsp3) is 0.477. The van der Waals surface area contributed by atoms with Crippen LogP contribution < -0.4 is 44.2 Å². The molecule has 0 fully saturated rings. The monoisotopic (exact) mass is 904 g/mol. The van der Waals surface area contributed by atoms with Crippen LogP contribution in [0, 0.1) is 0 Å². The average Bonchev–Trinajstić information content (AvgIpc) is 3.68.